The quantitative estimate of drug-likeness (QED) is 0.261. The molecule has 9 heteroatoms. The summed E-state index contributed by atoms with van der Waals surface area (Å²) in [4.78, 5) is 21.3. The highest BCUT2D eigenvalue weighted by Crippen LogP contribution is 2.46. The second-order valence-corrected chi connectivity index (χ2v) is 11.1. The summed E-state index contributed by atoms with van der Waals surface area (Å²) < 4.78 is 6.89. The van der Waals surface area contributed by atoms with Crippen molar-refractivity contribution >= 4 is 55.7 Å². The molecule has 4 aromatic rings. The van der Waals surface area contributed by atoms with Gasteiger partial charge in [0.15, 0.2) is 10.9 Å². The van der Waals surface area contributed by atoms with E-state index in [2.05, 4.69) is 15.0 Å². The van der Waals surface area contributed by atoms with Gasteiger partial charge in [0.2, 0.25) is 0 Å². The highest BCUT2D eigenvalue weighted by Gasteiger charge is 2.34. The molecule has 0 unspecified atom stereocenters. The van der Waals surface area contributed by atoms with Crippen LogP contribution in [0.3, 0.4) is 0 Å². The molecule has 0 spiro atoms. The minimum atomic E-state index is 0.0761. The Morgan fingerprint density at radius 3 is 2.54 bits per heavy atom. The Kier molecular flexibility index (Phi) is 6.05. The number of piperazine rings is 1. The lowest BCUT2D eigenvalue weighted by atomic mass is 10.0. The second-order valence-electron chi connectivity index (χ2n) is 9.24. The van der Waals surface area contributed by atoms with Crippen molar-refractivity contribution in [1.82, 2.24) is 15.0 Å². The maximum Gasteiger partial charge on any atom is 0.186 e. The van der Waals surface area contributed by atoms with Crippen LogP contribution < -0.4 is 4.90 Å². The SMILES string of the molecule is CC(=O)c1ccc2nc(N3CCN(Cc4c(-c5c(Cl)cccc5Cl)noc4C4CC4)CC3)sc2c1. The number of fused-ring (bicyclic) bond motifs is 1. The van der Waals surface area contributed by atoms with Crippen molar-refractivity contribution in [3.05, 3.63) is 63.3 Å². The van der Waals surface area contributed by atoms with Crippen molar-refractivity contribution in [2.75, 3.05) is 31.1 Å². The zero-order valence-electron chi connectivity index (χ0n) is 19.3. The van der Waals surface area contributed by atoms with Crippen LogP contribution in [0.2, 0.25) is 10.0 Å². The van der Waals surface area contributed by atoms with E-state index in [1.807, 2.05) is 36.4 Å². The number of anilines is 1. The van der Waals surface area contributed by atoms with E-state index in [9.17, 15) is 4.79 Å². The summed E-state index contributed by atoms with van der Waals surface area (Å²) in [7, 11) is 0. The molecular weight excluding hydrogens is 503 g/mol. The van der Waals surface area contributed by atoms with Crippen molar-refractivity contribution in [2.24, 2.45) is 0 Å². The number of benzene rings is 2. The van der Waals surface area contributed by atoms with Crippen LogP contribution in [-0.2, 0) is 6.54 Å². The lowest BCUT2D eigenvalue weighted by Gasteiger charge is -2.34. The second kappa shape index (κ2) is 9.21. The number of Topliss-reactive ketones (excluding diaryl/α,β-unsaturated/α-hetero) is 1. The van der Waals surface area contributed by atoms with Gasteiger partial charge in [-0.05, 0) is 50.1 Å². The van der Waals surface area contributed by atoms with Crippen LogP contribution >= 0.6 is 34.5 Å². The van der Waals surface area contributed by atoms with Crippen molar-refractivity contribution in [2.45, 2.75) is 32.2 Å². The lowest BCUT2D eigenvalue weighted by Crippen LogP contribution is -2.46. The molecule has 0 amide bonds. The fourth-order valence-electron chi connectivity index (χ4n) is 4.65. The standard InChI is InChI=1S/C26H24Cl2N4O2S/c1-15(33)17-7-8-21-22(13-17)35-26(29-21)32-11-9-31(10-12-32)14-18-24(30-34-25(18)16-5-6-16)23-19(27)3-2-4-20(23)28/h2-4,7-8,13,16H,5-6,9-12,14H2,1H3. The fraction of sp³-hybridized carbons (Fsp3) is 0.346. The van der Waals surface area contributed by atoms with E-state index < -0.39 is 0 Å². The maximum absolute atomic E-state index is 11.7. The Bertz CT molecular complexity index is 1400. The third-order valence-corrected chi connectivity index (χ3v) is 8.48. The first-order chi connectivity index (χ1) is 17.0. The molecule has 0 atom stereocenters. The predicted molar refractivity (Wildman–Crippen MR) is 141 cm³/mol. The van der Waals surface area contributed by atoms with E-state index in [1.54, 1.807) is 18.3 Å². The largest absolute Gasteiger partial charge is 0.360 e. The van der Waals surface area contributed by atoms with Crippen molar-refractivity contribution in [3.8, 4) is 11.3 Å². The number of hydrogen-bond acceptors (Lipinski definition) is 7. The molecule has 1 saturated carbocycles. The number of nitrogens with zero attached hydrogens (tertiary/aromatic N) is 4. The van der Waals surface area contributed by atoms with Gasteiger partial charge in [-0.1, -0.05) is 45.8 Å². The minimum Gasteiger partial charge on any atom is -0.360 e. The Balaban J connectivity index is 1.20. The third kappa shape index (κ3) is 4.47. The van der Waals surface area contributed by atoms with Crippen LogP contribution in [0.4, 0.5) is 5.13 Å². The van der Waals surface area contributed by atoms with Crippen molar-refractivity contribution in [3.63, 3.8) is 0 Å². The van der Waals surface area contributed by atoms with Crippen LogP contribution in [0.1, 0.15) is 47.4 Å². The highest BCUT2D eigenvalue weighted by atomic mass is 35.5. The van der Waals surface area contributed by atoms with E-state index in [-0.39, 0.29) is 5.78 Å². The van der Waals surface area contributed by atoms with Gasteiger partial charge in [-0.2, -0.15) is 0 Å². The van der Waals surface area contributed by atoms with E-state index in [1.165, 1.54) is 0 Å². The first-order valence-electron chi connectivity index (χ1n) is 11.8. The Labute approximate surface area is 217 Å². The Morgan fingerprint density at radius 2 is 1.86 bits per heavy atom. The molecule has 1 aliphatic carbocycles. The molecule has 1 aliphatic heterocycles. The number of carbonyl (C=O) groups excluding carboxylic acids is 1. The van der Waals surface area contributed by atoms with Gasteiger partial charge in [0.1, 0.15) is 11.5 Å². The van der Waals surface area contributed by atoms with Crippen LogP contribution in [0.15, 0.2) is 40.9 Å². The molecule has 0 N–H and O–H groups in total. The normalized spacial score (nSPS) is 16.8. The minimum absolute atomic E-state index is 0.0761. The predicted octanol–water partition coefficient (Wildman–Crippen LogP) is 6.66. The van der Waals surface area contributed by atoms with Gasteiger partial charge in [0, 0.05) is 55.3 Å². The van der Waals surface area contributed by atoms with E-state index in [0.717, 1.165) is 89.1 Å². The summed E-state index contributed by atoms with van der Waals surface area (Å²) in [5.41, 5.74) is 4.29. The molecule has 6 rings (SSSR count). The van der Waals surface area contributed by atoms with Gasteiger partial charge in [-0.3, -0.25) is 9.69 Å². The van der Waals surface area contributed by atoms with Crippen molar-refractivity contribution in [1.29, 1.82) is 0 Å². The lowest BCUT2D eigenvalue weighted by molar-refractivity contribution is 0.101. The summed E-state index contributed by atoms with van der Waals surface area (Å²) >= 11 is 14.7. The molecule has 35 heavy (non-hydrogen) atoms. The molecule has 3 heterocycles. The smallest absolute Gasteiger partial charge is 0.186 e. The molecule has 0 radical (unpaired) electrons. The molecule has 180 valence electrons. The van der Waals surface area contributed by atoms with Crippen LogP contribution in [-0.4, -0.2) is 47.0 Å². The molecule has 2 aromatic heterocycles. The van der Waals surface area contributed by atoms with Gasteiger partial charge >= 0.3 is 0 Å². The summed E-state index contributed by atoms with van der Waals surface area (Å²) in [6, 6.07) is 11.3. The summed E-state index contributed by atoms with van der Waals surface area (Å²) in [5, 5.41) is 6.61. The van der Waals surface area contributed by atoms with Crippen LogP contribution in [0, 0.1) is 0 Å². The molecule has 2 aliphatic rings. The maximum atomic E-state index is 11.7. The number of rotatable bonds is 6. The third-order valence-electron chi connectivity index (χ3n) is 6.77. The Morgan fingerprint density at radius 1 is 1.11 bits per heavy atom. The average molecular weight is 527 g/mol. The zero-order valence-corrected chi connectivity index (χ0v) is 21.6. The van der Waals surface area contributed by atoms with Gasteiger partial charge < -0.3 is 9.42 Å². The topological polar surface area (TPSA) is 62.5 Å². The molecule has 2 fully saturated rings. The van der Waals surface area contributed by atoms with E-state index in [4.69, 9.17) is 32.7 Å². The number of aromatic nitrogens is 2. The van der Waals surface area contributed by atoms with E-state index >= 15 is 0 Å². The molecule has 1 saturated heterocycles. The summed E-state index contributed by atoms with van der Waals surface area (Å²) in [6.45, 7) is 5.91. The first kappa shape index (κ1) is 23.0. The van der Waals surface area contributed by atoms with Gasteiger partial charge in [0.25, 0.3) is 0 Å². The molecule has 0 bridgehead atoms. The zero-order chi connectivity index (χ0) is 24.1. The highest BCUT2D eigenvalue weighted by molar-refractivity contribution is 7.22. The van der Waals surface area contributed by atoms with Gasteiger partial charge in [-0.15, -0.1) is 0 Å². The first-order valence-corrected chi connectivity index (χ1v) is 13.4. The van der Waals surface area contributed by atoms with Crippen LogP contribution in [0.5, 0.6) is 0 Å². The average Bonchev–Trinajstić information content (AvgIpc) is 3.47. The van der Waals surface area contributed by atoms with Crippen molar-refractivity contribution < 1.29 is 9.32 Å². The van der Waals surface area contributed by atoms with Crippen LogP contribution in [0.25, 0.3) is 21.5 Å². The summed E-state index contributed by atoms with van der Waals surface area (Å²) in [6.07, 6.45) is 2.27. The van der Waals surface area contributed by atoms with E-state index in [0.29, 0.717) is 16.0 Å². The molecular formula is C26H24Cl2N4O2S. The Hall–Kier alpha value is -2.45. The fourth-order valence-corrected chi connectivity index (χ4v) is 6.28. The number of hydrogen-bond donors (Lipinski definition) is 0. The number of carbonyl (C=O) groups is 1. The van der Waals surface area contributed by atoms with Gasteiger partial charge in [-0.25, -0.2) is 4.98 Å². The van der Waals surface area contributed by atoms with Gasteiger partial charge in [0.05, 0.1) is 20.3 Å². The number of halogens is 2. The molecule has 6 nitrogen and oxygen atoms in total. The summed E-state index contributed by atoms with van der Waals surface area (Å²) in [5.74, 6) is 1.49. The monoisotopic (exact) mass is 526 g/mol. The molecule has 2 aromatic carbocycles. The number of ketones is 1. The number of thiazole rings is 1.